The number of hydrogen-bond donors (Lipinski definition) is 1. The first-order valence-corrected chi connectivity index (χ1v) is 15.8. The van der Waals surface area contributed by atoms with Crippen molar-refractivity contribution in [1.29, 1.82) is 0 Å². The van der Waals surface area contributed by atoms with Crippen molar-refractivity contribution in [2.75, 3.05) is 26.8 Å². The third-order valence-corrected chi connectivity index (χ3v) is 8.31. The number of likely N-dealkylation sites (tertiary alicyclic amines) is 1. The number of methoxy groups -OCH3 is 1. The molecule has 0 bridgehead atoms. The molecule has 1 saturated heterocycles. The molecule has 0 aliphatic carbocycles. The van der Waals surface area contributed by atoms with Crippen LogP contribution in [-0.2, 0) is 27.2 Å². The molecule has 44 heavy (non-hydrogen) atoms. The lowest BCUT2D eigenvalue weighted by atomic mass is 9.95. The van der Waals surface area contributed by atoms with E-state index in [-0.39, 0.29) is 18.2 Å². The third-order valence-electron chi connectivity index (χ3n) is 8.31. The van der Waals surface area contributed by atoms with Gasteiger partial charge in [-0.25, -0.2) is 9.78 Å². The fourth-order valence-corrected chi connectivity index (χ4v) is 6.34. The summed E-state index contributed by atoms with van der Waals surface area (Å²) < 4.78 is 13.3. The second-order valence-electron chi connectivity index (χ2n) is 13.0. The van der Waals surface area contributed by atoms with Gasteiger partial charge in [-0.05, 0) is 81.3 Å². The highest BCUT2D eigenvalue weighted by Gasteiger charge is 2.31. The van der Waals surface area contributed by atoms with Crippen LogP contribution in [0.15, 0.2) is 60.7 Å². The number of carbonyl (C=O) groups is 2. The second kappa shape index (κ2) is 13.8. The van der Waals surface area contributed by atoms with Gasteiger partial charge in [-0.15, -0.1) is 0 Å². The van der Waals surface area contributed by atoms with Crippen molar-refractivity contribution >= 4 is 33.8 Å². The van der Waals surface area contributed by atoms with E-state index in [0.717, 1.165) is 53.5 Å². The number of nitrogens with zero attached hydrogens (tertiary/aromatic N) is 3. The molecule has 1 fully saturated rings. The minimum atomic E-state index is -0.630. The van der Waals surface area contributed by atoms with E-state index in [0.29, 0.717) is 26.1 Å². The van der Waals surface area contributed by atoms with Gasteiger partial charge in [0.2, 0.25) is 5.91 Å². The number of aryl methyl sites for hydroxylation is 2. The zero-order valence-electron chi connectivity index (χ0n) is 26.8. The Hall–Kier alpha value is -3.91. The van der Waals surface area contributed by atoms with E-state index in [1.165, 1.54) is 11.1 Å². The smallest absolute Gasteiger partial charge is 0.407 e. The Morgan fingerprint density at radius 2 is 1.86 bits per heavy atom. The Kier molecular flexibility index (Phi) is 9.89. The van der Waals surface area contributed by atoms with Crippen molar-refractivity contribution in [3.8, 4) is 0 Å². The summed E-state index contributed by atoms with van der Waals surface area (Å²) in [7, 11) is 1.73. The summed E-state index contributed by atoms with van der Waals surface area (Å²) in [6.45, 7) is 10.5. The molecule has 0 saturated carbocycles. The minimum Gasteiger partial charge on any atom is -0.444 e. The number of imidazole rings is 1. The highest BCUT2D eigenvalue weighted by Crippen LogP contribution is 2.31. The predicted octanol–water partition coefficient (Wildman–Crippen LogP) is 6.77. The monoisotopic (exact) mass is 598 g/mol. The lowest BCUT2D eigenvalue weighted by Crippen LogP contribution is -2.46. The molecular formula is C36H46N4O4. The van der Waals surface area contributed by atoms with Gasteiger partial charge in [0.15, 0.2) is 0 Å². The molecule has 0 radical (unpaired) electrons. The van der Waals surface area contributed by atoms with Crippen LogP contribution in [0.4, 0.5) is 4.79 Å². The highest BCUT2D eigenvalue weighted by atomic mass is 16.6. The fraction of sp³-hybridized carbons (Fsp3) is 0.472. The summed E-state index contributed by atoms with van der Waals surface area (Å²) in [5.41, 5.74) is 3.80. The van der Waals surface area contributed by atoms with Crippen molar-refractivity contribution in [3.63, 3.8) is 0 Å². The first-order chi connectivity index (χ1) is 21.1. The van der Waals surface area contributed by atoms with Crippen molar-refractivity contribution < 1.29 is 19.1 Å². The Morgan fingerprint density at radius 3 is 2.64 bits per heavy atom. The molecule has 5 rings (SSSR count). The van der Waals surface area contributed by atoms with Gasteiger partial charge in [0, 0.05) is 51.7 Å². The largest absolute Gasteiger partial charge is 0.444 e. The van der Waals surface area contributed by atoms with Crippen LogP contribution >= 0.6 is 0 Å². The first-order valence-electron chi connectivity index (χ1n) is 15.8. The van der Waals surface area contributed by atoms with E-state index < -0.39 is 17.7 Å². The van der Waals surface area contributed by atoms with E-state index in [4.69, 9.17) is 14.5 Å². The first kappa shape index (κ1) is 31.5. The quantitative estimate of drug-likeness (QED) is 0.204. The van der Waals surface area contributed by atoms with Crippen LogP contribution in [0, 0.1) is 6.92 Å². The minimum absolute atomic E-state index is 0.0368. The van der Waals surface area contributed by atoms with E-state index in [1.807, 2.05) is 37.8 Å². The lowest BCUT2D eigenvalue weighted by molar-refractivity contribution is -0.132. The Balaban J connectivity index is 1.34. The highest BCUT2D eigenvalue weighted by molar-refractivity contribution is 5.83. The van der Waals surface area contributed by atoms with Gasteiger partial charge < -0.3 is 24.3 Å². The summed E-state index contributed by atoms with van der Waals surface area (Å²) in [4.78, 5) is 33.8. The summed E-state index contributed by atoms with van der Waals surface area (Å²) >= 11 is 0. The number of alkyl carbamates (subject to hydrolysis) is 1. The van der Waals surface area contributed by atoms with Crippen LogP contribution in [0.2, 0.25) is 0 Å². The maximum Gasteiger partial charge on any atom is 0.407 e. The molecule has 1 aliphatic rings. The van der Waals surface area contributed by atoms with Crippen molar-refractivity contribution in [2.45, 2.75) is 83.9 Å². The number of aromatic nitrogens is 2. The molecule has 234 valence electrons. The number of fused-ring (bicyclic) bond motifs is 2. The molecule has 2 amide bonds. The zero-order valence-corrected chi connectivity index (χ0v) is 26.8. The number of para-hydroxylation sites is 1. The molecular weight excluding hydrogens is 552 g/mol. The van der Waals surface area contributed by atoms with Gasteiger partial charge in [0.05, 0.1) is 11.0 Å². The molecule has 2 unspecified atom stereocenters. The van der Waals surface area contributed by atoms with E-state index in [9.17, 15) is 9.59 Å². The van der Waals surface area contributed by atoms with Gasteiger partial charge in [-0.3, -0.25) is 4.79 Å². The van der Waals surface area contributed by atoms with Crippen LogP contribution in [0.3, 0.4) is 0 Å². The van der Waals surface area contributed by atoms with Crippen LogP contribution in [0.1, 0.15) is 69.3 Å². The standard InChI is InChI=1S/C36H46N4O4/c1-25-11-8-15-31-33(25)40(19-10-20-43-5)34(38-31)29-14-9-18-39(24-29)32(41)23-30(37-35(42)44-36(2,3)4)22-26-16-17-27-12-6-7-13-28(27)21-26/h6-8,11-13,15-17,21,29-30H,9-10,14,18-20,22-24H2,1-5H3,(H,37,42). The molecule has 1 aliphatic heterocycles. The topological polar surface area (TPSA) is 85.7 Å². The number of carbonyl (C=O) groups excluding carboxylic acids is 2. The number of piperidine rings is 1. The average molecular weight is 599 g/mol. The molecule has 0 spiro atoms. The van der Waals surface area contributed by atoms with Gasteiger partial charge in [0.25, 0.3) is 0 Å². The third kappa shape index (κ3) is 7.78. The lowest BCUT2D eigenvalue weighted by Gasteiger charge is -2.34. The van der Waals surface area contributed by atoms with Crippen molar-refractivity contribution in [3.05, 3.63) is 77.6 Å². The maximum atomic E-state index is 13.9. The number of nitrogens with one attached hydrogen (secondary N) is 1. The Bertz CT molecular complexity index is 1610. The average Bonchev–Trinajstić information content (AvgIpc) is 3.36. The summed E-state index contributed by atoms with van der Waals surface area (Å²) in [5.74, 6) is 1.22. The second-order valence-corrected chi connectivity index (χ2v) is 13.0. The number of rotatable bonds is 10. The Labute approximate surface area is 260 Å². The molecule has 8 nitrogen and oxygen atoms in total. The molecule has 2 atom stereocenters. The number of ether oxygens (including phenoxy) is 2. The molecule has 1 N–H and O–H groups in total. The molecule has 3 aromatic carbocycles. The number of benzene rings is 3. The number of hydrogen-bond acceptors (Lipinski definition) is 5. The molecule has 4 aromatic rings. The number of amides is 2. The molecule has 1 aromatic heterocycles. The van der Waals surface area contributed by atoms with Gasteiger partial charge in [0.1, 0.15) is 11.4 Å². The summed E-state index contributed by atoms with van der Waals surface area (Å²) in [6, 6.07) is 20.4. The van der Waals surface area contributed by atoms with Gasteiger partial charge in [-0.2, -0.15) is 0 Å². The van der Waals surface area contributed by atoms with Crippen molar-refractivity contribution in [2.24, 2.45) is 0 Å². The predicted molar refractivity (Wildman–Crippen MR) is 175 cm³/mol. The van der Waals surface area contributed by atoms with Crippen LogP contribution in [0.5, 0.6) is 0 Å². The normalized spacial score (nSPS) is 16.3. The SMILES string of the molecule is COCCCn1c(C2CCCN(C(=O)CC(Cc3ccc4ccccc4c3)NC(=O)OC(C)(C)C)C2)nc2cccc(C)c21. The van der Waals surface area contributed by atoms with Gasteiger partial charge >= 0.3 is 6.09 Å². The van der Waals surface area contributed by atoms with Crippen LogP contribution in [0.25, 0.3) is 21.8 Å². The summed E-state index contributed by atoms with van der Waals surface area (Å²) in [6.07, 6.45) is 3.00. The maximum absolute atomic E-state index is 13.9. The Morgan fingerprint density at radius 1 is 1.07 bits per heavy atom. The van der Waals surface area contributed by atoms with Gasteiger partial charge in [-0.1, -0.05) is 54.6 Å². The van der Waals surface area contributed by atoms with E-state index in [2.05, 4.69) is 65.3 Å². The van der Waals surface area contributed by atoms with Crippen LogP contribution in [-0.4, -0.2) is 64.9 Å². The zero-order chi connectivity index (χ0) is 31.3. The van der Waals surface area contributed by atoms with Crippen molar-refractivity contribution in [1.82, 2.24) is 19.8 Å². The summed E-state index contributed by atoms with van der Waals surface area (Å²) in [5, 5.41) is 5.30. The fourth-order valence-electron chi connectivity index (χ4n) is 6.34. The molecule has 8 heteroatoms. The van der Waals surface area contributed by atoms with E-state index >= 15 is 0 Å². The van der Waals surface area contributed by atoms with E-state index in [1.54, 1.807) is 7.11 Å². The van der Waals surface area contributed by atoms with Crippen LogP contribution < -0.4 is 5.32 Å². The molecule has 2 heterocycles.